The minimum Gasteiger partial charge on any atom is -0.392 e. The van der Waals surface area contributed by atoms with E-state index in [1.807, 2.05) is 6.92 Å². The van der Waals surface area contributed by atoms with Crippen LogP contribution in [0.3, 0.4) is 0 Å². The number of hydrogen-bond acceptors (Lipinski definition) is 2. The van der Waals surface area contributed by atoms with Gasteiger partial charge in [-0.05, 0) is 38.0 Å². The van der Waals surface area contributed by atoms with Crippen LogP contribution in [0, 0.1) is 5.82 Å². The molecule has 0 saturated heterocycles. The van der Waals surface area contributed by atoms with E-state index in [1.165, 1.54) is 6.07 Å². The second-order valence-corrected chi connectivity index (χ2v) is 4.73. The van der Waals surface area contributed by atoms with Crippen molar-refractivity contribution in [1.82, 2.24) is 10.6 Å². The smallest absolute Gasteiger partial charge is 0.191 e. The largest absolute Gasteiger partial charge is 0.392 e. The van der Waals surface area contributed by atoms with Crippen LogP contribution in [-0.4, -0.2) is 23.7 Å². The van der Waals surface area contributed by atoms with E-state index in [4.69, 9.17) is 5.11 Å². The number of guanidine groups is 1. The number of aliphatic hydroxyl groups is 1. The van der Waals surface area contributed by atoms with Crippen molar-refractivity contribution in [2.24, 2.45) is 4.99 Å². The number of rotatable bonds is 6. The first-order chi connectivity index (χ1) is 9.60. The second-order valence-electron chi connectivity index (χ2n) is 4.73. The molecule has 1 aromatic rings. The standard InChI is InChI=1S/C15H24FN3O.HI/c1-4-11(3)19-15(17-5-2)18-9-12-6-7-14(16)13(8-12)10-20;/h6-8,11,20H,4-5,9-10H2,1-3H3,(H2,17,18,19);1H. The molecule has 0 spiro atoms. The zero-order valence-electron chi connectivity index (χ0n) is 12.8. The third-order valence-electron chi connectivity index (χ3n) is 3.04. The number of benzene rings is 1. The molecule has 120 valence electrons. The topological polar surface area (TPSA) is 56.7 Å². The maximum absolute atomic E-state index is 13.3. The average Bonchev–Trinajstić information content (AvgIpc) is 2.46. The van der Waals surface area contributed by atoms with Gasteiger partial charge in [0.25, 0.3) is 0 Å². The van der Waals surface area contributed by atoms with Crippen LogP contribution in [0.4, 0.5) is 4.39 Å². The Morgan fingerprint density at radius 2 is 2.10 bits per heavy atom. The Bertz CT molecular complexity index is 455. The molecule has 6 heteroatoms. The van der Waals surface area contributed by atoms with Crippen LogP contribution in [0.1, 0.15) is 38.3 Å². The molecule has 0 fully saturated rings. The minimum absolute atomic E-state index is 0. The highest BCUT2D eigenvalue weighted by molar-refractivity contribution is 14.0. The summed E-state index contributed by atoms with van der Waals surface area (Å²) < 4.78 is 13.3. The molecule has 0 saturated carbocycles. The van der Waals surface area contributed by atoms with Gasteiger partial charge in [0.05, 0.1) is 13.2 Å². The van der Waals surface area contributed by atoms with E-state index in [0.717, 1.165) is 24.5 Å². The molecule has 0 aromatic heterocycles. The Labute approximate surface area is 143 Å². The van der Waals surface area contributed by atoms with Gasteiger partial charge >= 0.3 is 0 Å². The zero-order chi connectivity index (χ0) is 15.0. The fourth-order valence-corrected chi connectivity index (χ4v) is 1.67. The molecular weight excluding hydrogens is 384 g/mol. The summed E-state index contributed by atoms with van der Waals surface area (Å²) in [5.74, 6) is 0.363. The summed E-state index contributed by atoms with van der Waals surface area (Å²) in [4.78, 5) is 4.47. The lowest BCUT2D eigenvalue weighted by atomic mass is 10.1. The van der Waals surface area contributed by atoms with Gasteiger partial charge in [0, 0.05) is 18.2 Å². The molecule has 0 amide bonds. The van der Waals surface area contributed by atoms with Crippen molar-refractivity contribution in [2.75, 3.05) is 6.54 Å². The molecule has 1 atom stereocenters. The van der Waals surface area contributed by atoms with Crippen molar-refractivity contribution in [2.45, 2.75) is 46.4 Å². The SMILES string of the molecule is CCNC(=NCc1ccc(F)c(CO)c1)NC(C)CC.I. The fourth-order valence-electron chi connectivity index (χ4n) is 1.67. The Kier molecular flexibility index (Phi) is 10.3. The van der Waals surface area contributed by atoms with Gasteiger partial charge in [-0.1, -0.05) is 13.0 Å². The van der Waals surface area contributed by atoms with Crippen molar-refractivity contribution < 1.29 is 9.50 Å². The van der Waals surface area contributed by atoms with Gasteiger partial charge in [-0.15, -0.1) is 24.0 Å². The molecule has 0 aliphatic heterocycles. The van der Waals surface area contributed by atoms with Crippen molar-refractivity contribution >= 4 is 29.9 Å². The van der Waals surface area contributed by atoms with Crippen LogP contribution >= 0.6 is 24.0 Å². The predicted molar refractivity (Wildman–Crippen MR) is 95.4 cm³/mol. The van der Waals surface area contributed by atoms with Crippen LogP contribution < -0.4 is 10.6 Å². The fraction of sp³-hybridized carbons (Fsp3) is 0.533. The second kappa shape index (κ2) is 10.8. The van der Waals surface area contributed by atoms with Crippen LogP contribution in [0.15, 0.2) is 23.2 Å². The molecule has 21 heavy (non-hydrogen) atoms. The van der Waals surface area contributed by atoms with E-state index >= 15 is 0 Å². The molecule has 1 unspecified atom stereocenters. The molecule has 0 heterocycles. The molecule has 1 aromatic carbocycles. The average molecular weight is 409 g/mol. The summed E-state index contributed by atoms with van der Waals surface area (Å²) in [5.41, 5.74) is 1.18. The van der Waals surface area contributed by atoms with Crippen molar-refractivity contribution in [3.8, 4) is 0 Å². The van der Waals surface area contributed by atoms with Crippen LogP contribution in [0.25, 0.3) is 0 Å². The Morgan fingerprint density at radius 3 is 2.67 bits per heavy atom. The molecule has 0 aliphatic rings. The number of aliphatic imine (C=N–C) groups is 1. The summed E-state index contributed by atoms with van der Waals surface area (Å²) in [6.45, 7) is 7.14. The molecule has 3 N–H and O–H groups in total. The summed E-state index contributed by atoms with van der Waals surface area (Å²) in [6, 6.07) is 5.04. The first-order valence-corrected chi connectivity index (χ1v) is 7.03. The normalized spacial score (nSPS) is 12.5. The third kappa shape index (κ3) is 7.08. The molecule has 4 nitrogen and oxygen atoms in total. The lowest BCUT2D eigenvalue weighted by molar-refractivity contribution is 0.275. The van der Waals surface area contributed by atoms with Crippen LogP contribution in [0.5, 0.6) is 0 Å². The minimum atomic E-state index is -0.384. The van der Waals surface area contributed by atoms with Gasteiger partial charge in [0.1, 0.15) is 5.82 Å². The maximum Gasteiger partial charge on any atom is 0.191 e. The van der Waals surface area contributed by atoms with E-state index in [9.17, 15) is 4.39 Å². The molecule has 1 rings (SSSR count). The van der Waals surface area contributed by atoms with Gasteiger partial charge in [0.15, 0.2) is 5.96 Å². The summed E-state index contributed by atoms with van der Waals surface area (Å²) in [5, 5.41) is 15.5. The maximum atomic E-state index is 13.3. The van der Waals surface area contributed by atoms with E-state index in [2.05, 4.69) is 29.5 Å². The van der Waals surface area contributed by atoms with E-state index in [0.29, 0.717) is 18.2 Å². The highest BCUT2D eigenvalue weighted by Crippen LogP contribution is 2.11. The number of aliphatic hydroxyl groups excluding tert-OH is 1. The quantitative estimate of drug-likeness (QED) is 0.385. The Hall–Kier alpha value is -0.890. The predicted octanol–water partition coefficient (Wildman–Crippen LogP) is 2.79. The summed E-state index contributed by atoms with van der Waals surface area (Å²) in [6.07, 6.45) is 1.01. The molecular formula is C15H25FIN3O. The Morgan fingerprint density at radius 1 is 1.38 bits per heavy atom. The van der Waals surface area contributed by atoms with E-state index in [1.54, 1.807) is 12.1 Å². The lowest BCUT2D eigenvalue weighted by Gasteiger charge is -2.16. The lowest BCUT2D eigenvalue weighted by Crippen LogP contribution is -2.41. The van der Waals surface area contributed by atoms with Gasteiger partial charge in [-0.25, -0.2) is 9.38 Å². The third-order valence-corrected chi connectivity index (χ3v) is 3.04. The van der Waals surface area contributed by atoms with Gasteiger partial charge < -0.3 is 15.7 Å². The first kappa shape index (κ1) is 20.1. The number of nitrogens with zero attached hydrogens (tertiary/aromatic N) is 1. The molecule has 0 radical (unpaired) electrons. The number of nitrogens with one attached hydrogen (secondary N) is 2. The number of hydrogen-bond donors (Lipinski definition) is 3. The van der Waals surface area contributed by atoms with Gasteiger partial charge in [0.2, 0.25) is 0 Å². The molecule has 0 bridgehead atoms. The highest BCUT2D eigenvalue weighted by Gasteiger charge is 2.04. The number of halogens is 2. The van der Waals surface area contributed by atoms with E-state index < -0.39 is 0 Å². The van der Waals surface area contributed by atoms with Crippen molar-refractivity contribution in [3.05, 3.63) is 35.1 Å². The monoisotopic (exact) mass is 409 g/mol. The Balaban J connectivity index is 0.00000400. The van der Waals surface area contributed by atoms with Crippen molar-refractivity contribution in [1.29, 1.82) is 0 Å². The van der Waals surface area contributed by atoms with Gasteiger partial charge in [-0.3, -0.25) is 0 Å². The zero-order valence-corrected chi connectivity index (χ0v) is 15.1. The van der Waals surface area contributed by atoms with Gasteiger partial charge in [-0.2, -0.15) is 0 Å². The van der Waals surface area contributed by atoms with Crippen LogP contribution in [0.2, 0.25) is 0 Å². The molecule has 0 aliphatic carbocycles. The van der Waals surface area contributed by atoms with Crippen LogP contribution in [-0.2, 0) is 13.2 Å². The summed E-state index contributed by atoms with van der Waals surface area (Å²) in [7, 11) is 0. The highest BCUT2D eigenvalue weighted by atomic mass is 127. The van der Waals surface area contributed by atoms with E-state index in [-0.39, 0.29) is 36.4 Å². The first-order valence-electron chi connectivity index (χ1n) is 7.03. The van der Waals surface area contributed by atoms with Crippen molar-refractivity contribution in [3.63, 3.8) is 0 Å². The summed E-state index contributed by atoms with van der Waals surface area (Å²) >= 11 is 0.